The molecule has 0 saturated carbocycles. The molecule has 3 nitrogen and oxygen atoms in total. The van der Waals surface area contributed by atoms with E-state index in [1.807, 2.05) is 43.3 Å². The Morgan fingerprint density at radius 3 is 2.54 bits per heavy atom. The number of benzene rings is 1. The van der Waals surface area contributed by atoms with E-state index in [-0.39, 0.29) is 6.54 Å². The Labute approximate surface area is 78.8 Å². The first-order chi connectivity index (χ1) is 6.16. The van der Waals surface area contributed by atoms with Gasteiger partial charge in [-0.1, -0.05) is 18.2 Å². The van der Waals surface area contributed by atoms with Gasteiger partial charge in [-0.15, -0.1) is 0 Å². The van der Waals surface area contributed by atoms with Crippen LogP contribution in [0.25, 0.3) is 0 Å². The van der Waals surface area contributed by atoms with Gasteiger partial charge in [0, 0.05) is 31.9 Å². The molecule has 13 heavy (non-hydrogen) atoms. The summed E-state index contributed by atoms with van der Waals surface area (Å²) in [6, 6.07) is 7.71. The molecule has 0 aliphatic carbocycles. The van der Waals surface area contributed by atoms with Crippen molar-refractivity contribution in [2.45, 2.75) is 6.10 Å². The predicted octanol–water partition coefficient (Wildman–Crippen LogP) is 0.745. The van der Waals surface area contributed by atoms with Crippen molar-refractivity contribution in [3.63, 3.8) is 0 Å². The van der Waals surface area contributed by atoms with Crippen LogP contribution in [0.1, 0.15) is 11.7 Å². The molecule has 0 amide bonds. The third-order valence-corrected chi connectivity index (χ3v) is 2.00. The van der Waals surface area contributed by atoms with Gasteiger partial charge in [-0.25, -0.2) is 0 Å². The summed E-state index contributed by atoms with van der Waals surface area (Å²) < 4.78 is 0. The van der Waals surface area contributed by atoms with Crippen LogP contribution in [0.3, 0.4) is 0 Å². The highest BCUT2D eigenvalue weighted by Crippen LogP contribution is 2.23. The van der Waals surface area contributed by atoms with Crippen LogP contribution in [0, 0.1) is 0 Å². The Hall–Kier alpha value is -1.06. The minimum Gasteiger partial charge on any atom is -0.387 e. The van der Waals surface area contributed by atoms with Gasteiger partial charge in [0.2, 0.25) is 0 Å². The van der Waals surface area contributed by atoms with E-state index < -0.39 is 6.10 Å². The maximum atomic E-state index is 9.61. The van der Waals surface area contributed by atoms with Crippen LogP contribution in [-0.2, 0) is 0 Å². The zero-order valence-electron chi connectivity index (χ0n) is 8.07. The third kappa shape index (κ3) is 2.20. The molecule has 3 heteroatoms. The van der Waals surface area contributed by atoms with Crippen molar-refractivity contribution in [3.8, 4) is 0 Å². The Balaban J connectivity index is 3.04. The van der Waals surface area contributed by atoms with Gasteiger partial charge in [-0.2, -0.15) is 0 Å². The Morgan fingerprint density at radius 2 is 2.00 bits per heavy atom. The largest absolute Gasteiger partial charge is 0.387 e. The van der Waals surface area contributed by atoms with Crippen LogP contribution in [0.4, 0.5) is 5.69 Å². The van der Waals surface area contributed by atoms with Gasteiger partial charge in [0.25, 0.3) is 0 Å². The third-order valence-electron chi connectivity index (χ3n) is 2.00. The summed E-state index contributed by atoms with van der Waals surface area (Å²) in [6.45, 7) is 0.255. The second-order valence-electron chi connectivity index (χ2n) is 3.20. The lowest BCUT2D eigenvalue weighted by Gasteiger charge is -2.19. The van der Waals surface area contributed by atoms with E-state index in [9.17, 15) is 5.11 Å². The van der Waals surface area contributed by atoms with Crippen molar-refractivity contribution >= 4 is 5.69 Å². The first-order valence-electron chi connectivity index (χ1n) is 4.31. The number of nitrogens with two attached hydrogens (primary N) is 1. The molecule has 72 valence electrons. The second kappa shape index (κ2) is 4.25. The molecule has 0 bridgehead atoms. The van der Waals surface area contributed by atoms with E-state index in [2.05, 4.69) is 0 Å². The number of aliphatic hydroxyl groups is 1. The molecule has 0 saturated heterocycles. The molecule has 0 aliphatic heterocycles. The first kappa shape index (κ1) is 10.0. The fraction of sp³-hybridized carbons (Fsp3) is 0.400. The summed E-state index contributed by atoms with van der Waals surface area (Å²) >= 11 is 0. The molecule has 0 heterocycles. The van der Waals surface area contributed by atoms with Gasteiger partial charge in [-0.05, 0) is 6.07 Å². The van der Waals surface area contributed by atoms with Crippen LogP contribution < -0.4 is 10.6 Å². The van der Waals surface area contributed by atoms with E-state index in [0.717, 1.165) is 11.3 Å². The average Bonchev–Trinajstić information content (AvgIpc) is 2.16. The minimum atomic E-state index is -0.571. The van der Waals surface area contributed by atoms with Crippen molar-refractivity contribution in [1.82, 2.24) is 0 Å². The van der Waals surface area contributed by atoms with Gasteiger partial charge < -0.3 is 15.7 Å². The highest BCUT2D eigenvalue weighted by atomic mass is 16.3. The average molecular weight is 180 g/mol. The fourth-order valence-electron chi connectivity index (χ4n) is 1.30. The lowest BCUT2D eigenvalue weighted by Crippen LogP contribution is -2.17. The van der Waals surface area contributed by atoms with E-state index in [0.29, 0.717) is 0 Å². The summed E-state index contributed by atoms with van der Waals surface area (Å²) in [5.74, 6) is 0. The minimum absolute atomic E-state index is 0.255. The molecule has 0 fully saturated rings. The van der Waals surface area contributed by atoms with E-state index in [1.54, 1.807) is 0 Å². The second-order valence-corrected chi connectivity index (χ2v) is 3.20. The number of anilines is 1. The number of para-hydroxylation sites is 1. The van der Waals surface area contributed by atoms with E-state index >= 15 is 0 Å². The van der Waals surface area contributed by atoms with Gasteiger partial charge in [-0.3, -0.25) is 0 Å². The van der Waals surface area contributed by atoms with Gasteiger partial charge in [0.1, 0.15) is 0 Å². The molecule has 3 N–H and O–H groups in total. The van der Waals surface area contributed by atoms with Crippen LogP contribution in [0.5, 0.6) is 0 Å². The summed E-state index contributed by atoms with van der Waals surface area (Å²) in [7, 11) is 3.89. The Bertz CT molecular complexity index is 273. The van der Waals surface area contributed by atoms with Crippen LogP contribution in [-0.4, -0.2) is 25.7 Å². The van der Waals surface area contributed by atoms with Crippen LogP contribution in [0.2, 0.25) is 0 Å². The summed E-state index contributed by atoms with van der Waals surface area (Å²) in [6.07, 6.45) is -0.571. The molecular formula is C10H16N2O. The molecule has 1 rings (SSSR count). The molecule has 0 unspecified atom stereocenters. The molecule has 0 radical (unpaired) electrons. The van der Waals surface area contributed by atoms with E-state index in [1.165, 1.54) is 0 Å². The summed E-state index contributed by atoms with van der Waals surface area (Å²) in [4.78, 5) is 1.97. The predicted molar refractivity (Wildman–Crippen MR) is 54.8 cm³/mol. The molecule has 1 aromatic carbocycles. The highest BCUT2D eigenvalue weighted by molar-refractivity contribution is 5.53. The summed E-state index contributed by atoms with van der Waals surface area (Å²) in [5, 5.41) is 9.61. The lowest BCUT2D eigenvalue weighted by molar-refractivity contribution is 0.187. The van der Waals surface area contributed by atoms with Crippen molar-refractivity contribution in [2.24, 2.45) is 5.73 Å². The number of aliphatic hydroxyl groups excluding tert-OH is 1. The maximum absolute atomic E-state index is 9.61. The van der Waals surface area contributed by atoms with Crippen molar-refractivity contribution < 1.29 is 5.11 Å². The standard InChI is InChI=1S/C10H16N2O/c1-12(2)9-6-4-3-5-8(9)10(13)7-11/h3-6,10,13H,7,11H2,1-2H3/t10-/m0/s1. The Kier molecular flexibility index (Phi) is 3.28. The zero-order chi connectivity index (χ0) is 9.84. The quantitative estimate of drug-likeness (QED) is 0.721. The topological polar surface area (TPSA) is 49.5 Å². The van der Waals surface area contributed by atoms with Crippen molar-refractivity contribution in [2.75, 3.05) is 25.5 Å². The van der Waals surface area contributed by atoms with Crippen LogP contribution >= 0.6 is 0 Å². The number of hydrogen-bond acceptors (Lipinski definition) is 3. The fourth-order valence-corrected chi connectivity index (χ4v) is 1.30. The van der Waals surface area contributed by atoms with E-state index in [4.69, 9.17) is 5.73 Å². The SMILES string of the molecule is CN(C)c1ccccc1[C@@H](O)CN. The first-order valence-corrected chi connectivity index (χ1v) is 4.31. The molecule has 0 aliphatic rings. The molecule has 0 spiro atoms. The number of nitrogens with zero attached hydrogens (tertiary/aromatic N) is 1. The molecule has 0 aromatic heterocycles. The number of hydrogen-bond donors (Lipinski definition) is 2. The van der Waals surface area contributed by atoms with Gasteiger partial charge >= 0.3 is 0 Å². The van der Waals surface area contributed by atoms with Gasteiger partial charge in [0.15, 0.2) is 0 Å². The highest BCUT2D eigenvalue weighted by Gasteiger charge is 2.10. The Morgan fingerprint density at radius 1 is 1.38 bits per heavy atom. The maximum Gasteiger partial charge on any atom is 0.0932 e. The van der Waals surface area contributed by atoms with Crippen molar-refractivity contribution in [3.05, 3.63) is 29.8 Å². The van der Waals surface area contributed by atoms with Crippen molar-refractivity contribution in [1.29, 1.82) is 0 Å². The lowest BCUT2D eigenvalue weighted by atomic mass is 10.1. The monoisotopic (exact) mass is 180 g/mol. The number of rotatable bonds is 3. The molecular weight excluding hydrogens is 164 g/mol. The summed E-state index contributed by atoms with van der Waals surface area (Å²) in [5.41, 5.74) is 7.30. The smallest absolute Gasteiger partial charge is 0.0932 e. The van der Waals surface area contributed by atoms with Gasteiger partial charge in [0.05, 0.1) is 6.10 Å². The zero-order valence-corrected chi connectivity index (χ0v) is 8.07. The molecule has 1 atom stereocenters. The van der Waals surface area contributed by atoms with Crippen LogP contribution in [0.15, 0.2) is 24.3 Å². The molecule has 1 aromatic rings. The normalized spacial score (nSPS) is 12.6.